The number of hydrogen-bond acceptors (Lipinski definition) is 6. The molecule has 10 nitrogen and oxygen atoms in total. The molecule has 0 bridgehead atoms. The molecule has 3 atom stereocenters. The minimum atomic E-state index is -0.707. The van der Waals surface area contributed by atoms with E-state index >= 15 is 0 Å². The zero-order valence-electron chi connectivity index (χ0n) is 16.1. The van der Waals surface area contributed by atoms with Gasteiger partial charge in [-0.25, -0.2) is 4.68 Å². The van der Waals surface area contributed by atoms with E-state index in [9.17, 15) is 19.7 Å². The summed E-state index contributed by atoms with van der Waals surface area (Å²) in [4.78, 5) is 35.7. The van der Waals surface area contributed by atoms with Gasteiger partial charge < -0.3 is 10.6 Å². The van der Waals surface area contributed by atoms with E-state index < -0.39 is 17.1 Å². The Balaban J connectivity index is 1.89. The Morgan fingerprint density at radius 3 is 2.76 bits per heavy atom. The summed E-state index contributed by atoms with van der Waals surface area (Å²) < 4.78 is 1.43. The summed E-state index contributed by atoms with van der Waals surface area (Å²) in [6.07, 6.45) is 0.0195. The number of nitro benzene ring substituents is 1. The highest BCUT2D eigenvalue weighted by Crippen LogP contribution is 2.25. The van der Waals surface area contributed by atoms with Crippen LogP contribution in [0.5, 0.6) is 0 Å². The van der Waals surface area contributed by atoms with E-state index in [1.54, 1.807) is 13.0 Å². The molecule has 1 fully saturated rings. The van der Waals surface area contributed by atoms with Crippen LogP contribution in [0.3, 0.4) is 0 Å². The Hall–Kier alpha value is -2.98. The van der Waals surface area contributed by atoms with Crippen molar-refractivity contribution in [3.63, 3.8) is 0 Å². The highest BCUT2D eigenvalue weighted by molar-refractivity contribution is 6.31. The number of aryl methyl sites for hydroxylation is 1. The number of hydrogen-bond donors (Lipinski definition) is 3. The summed E-state index contributed by atoms with van der Waals surface area (Å²) in [5.74, 6) is -0.710. The topological polar surface area (TPSA) is 131 Å². The Labute approximate surface area is 171 Å². The number of nitro groups is 1. The smallest absolute Gasteiger partial charge is 0.282 e. The third-order valence-corrected chi connectivity index (χ3v) is 5.06. The lowest BCUT2D eigenvalue weighted by atomic mass is 9.95. The zero-order chi connectivity index (χ0) is 21.3. The Morgan fingerprint density at radius 2 is 2.14 bits per heavy atom. The Morgan fingerprint density at radius 1 is 1.41 bits per heavy atom. The molecule has 154 valence electrons. The SMILES string of the molecule is CCC1C(=O)NC(n2nc(C)cc2NC(=O)c2cc(Cl)ccc2[N+](=O)[O-])NC1C. The number of anilines is 1. The molecule has 3 N–H and O–H groups in total. The summed E-state index contributed by atoms with van der Waals surface area (Å²) >= 11 is 5.91. The molecule has 1 aromatic carbocycles. The monoisotopic (exact) mass is 420 g/mol. The molecule has 2 amide bonds. The molecule has 29 heavy (non-hydrogen) atoms. The maximum atomic E-state index is 12.7. The Bertz CT molecular complexity index is 975. The summed E-state index contributed by atoms with van der Waals surface area (Å²) in [6.45, 7) is 5.57. The molecule has 3 unspecified atom stereocenters. The molecule has 11 heteroatoms. The fraction of sp³-hybridized carbons (Fsp3) is 0.389. The van der Waals surface area contributed by atoms with E-state index in [0.717, 1.165) is 0 Å². The van der Waals surface area contributed by atoms with Crippen molar-refractivity contribution < 1.29 is 14.5 Å². The first-order chi connectivity index (χ1) is 13.7. The Kier molecular flexibility index (Phi) is 5.85. The lowest BCUT2D eigenvalue weighted by Crippen LogP contribution is -2.57. The number of rotatable bonds is 5. The van der Waals surface area contributed by atoms with Crippen LogP contribution in [0.25, 0.3) is 0 Å². The molecular formula is C18H21ClN6O4. The molecule has 0 aliphatic carbocycles. The van der Waals surface area contributed by atoms with Crippen molar-refractivity contribution in [1.82, 2.24) is 20.4 Å². The van der Waals surface area contributed by atoms with Crippen molar-refractivity contribution in [2.75, 3.05) is 5.32 Å². The lowest BCUT2D eigenvalue weighted by molar-refractivity contribution is -0.385. The number of amides is 2. The summed E-state index contributed by atoms with van der Waals surface area (Å²) in [6, 6.07) is 5.27. The average Bonchev–Trinajstić information content (AvgIpc) is 3.01. The summed E-state index contributed by atoms with van der Waals surface area (Å²) in [5, 5.41) is 24.5. The van der Waals surface area contributed by atoms with Crippen molar-refractivity contribution in [3.8, 4) is 0 Å². The van der Waals surface area contributed by atoms with E-state index in [2.05, 4.69) is 21.0 Å². The van der Waals surface area contributed by atoms with E-state index in [1.807, 2.05) is 13.8 Å². The van der Waals surface area contributed by atoms with Gasteiger partial charge in [-0.05, 0) is 32.4 Å². The van der Waals surface area contributed by atoms with E-state index in [0.29, 0.717) is 12.1 Å². The van der Waals surface area contributed by atoms with E-state index in [4.69, 9.17) is 11.6 Å². The van der Waals surface area contributed by atoms with Crippen molar-refractivity contribution in [2.24, 2.45) is 5.92 Å². The molecule has 0 radical (unpaired) electrons. The van der Waals surface area contributed by atoms with Crippen LogP contribution in [0, 0.1) is 23.0 Å². The first kappa shape index (κ1) is 20.7. The van der Waals surface area contributed by atoms with Crippen LogP contribution in [0.2, 0.25) is 5.02 Å². The lowest BCUT2D eigenvalue weighted by Gasteiger charge is -2.35. The van der Waals surface area contributed by atoms with Crippen molar-refractivity contribution in [1.29, 1.82) is 0 Å². The maximum absolute atomic E-state index is 12.7. The first-order valence-corrected chi connectivity index (χ1v) is 9.47. The molecule has 1 aliphatic heterocycles. The largest absolute Gasteiger partial charge is 0.322 e. The molecule has 1 saturated heterocycles. The zero-order valence-corrected chi connectivity index (χ0v) is 16.9. The molecule has 1 aliphatic rings. The molecule has 3 rings (SSSR count). The molecular weight excluding hydrogens is 400 g/mol. The van der Waals surface area contributed by atoms with Gasteiger partial charge in [0.25, 0.3) is 11.6 Å². The van der Waals surface area contributed by atoms with Gasteiger partial charge in [-0.2, -0.15) is 5.10 Å². The average molecular weight is 421 g/mol. The third-order valence-electron chi connectivity index (χ3n) is 4.82. The normalized spacial score (nSPS) is 21.5. The van der Waals surface area contributed by atoms with Crippen molar-refractivity contribution in [3.05, 3.63) is 50.7 Å². The van der Waals surface area contributed by atoms with Crippen LogP contribution in [-0.4, -0.2) is 32.6 Å². The first-order valence-electron chi connectivity index (χ1n) is 9.09. The second-order valence-electron chi connectivity index (χ2n) is 6.87. The standard InChI is InChI=1S/C18H21ClN6O4/c1-4-12-10(3)20-18(22-16(12)26)24-15(7-9(2)23-24)21-17(27)13-8-11(19)5-6-14(13)25(28)29/h5-8,10,12,18,20H,4H2,1-3H3,(H,21,27)(H,22,26). The summed E-state index contributed by atoms with van der Waals surface area (Å²) in [7, 11) is 0. The number of nitrogens with zero attached hydrogens (tertiary/aromatic N) is 3. The molecule has 0 saturated carbocycles. The molecule has 2 heterocycles. The highest BCUT2D eigenvalue weighted by atomic mass is 35.5. The predicted molar refractivity (Wildman–Crippen MR) is 107 cm³/mol. The predicted octanol–water partition coefficient (Wildman–Crippen LogP) is 2.60. The van der Waals surface area contributed by atoms with Gasteiger partial charge in [-0.1, -0.05) is 18.5 Å². The van der Waals surface area contributed by atoms with E-state index in [1.165, 1.54) is 22.9 Å². The van der Waals surface area contributed by atoms with Crippen LogP contribution >= 0.6 is 11.6 Å². The maximum Gasteiger partial charge on any atom is 0.282 e. The van der Waals surface area contributed by atoms with Gasteiger partial charge in [0.15, 0.2) is 6.29 Å². The number of nitrogens with one attached hydrogen (secondary N) is 3. The van der Waals surface area contributed by atoms with Gasteiger partial charge in [0, 0.05) is 23.2 Å². The van der Waals surface area contributed by atoms with Crippen LogP contribution in [-0.2, 0) is 4.79 Å². The van der Waals surface area contributed by atoms with Crippen LogP contribution in [0.4, 0.5) is 11.5 Å². The van der Waals surface area contributed by atoms with Gasteiger partial charge >= 0.3 is 0 Å². The molecule has 1 aromatic heterocycles. The second-order valence-corrected chi connectivity index (χ2v) is 7.31. The number of carbonyl (C=O) groups is 2. The number of benzene rings is 1. The van der Waals surface area contributed by atoms with Gasteiger partial charge in [-0.15, -0.1) is 0 Å². The van der Waals surface area contributed by atoms with Gasteiger partial charge in [-0.3, -0.25) is 25.0 Å². The minimum Gasteiger partial charge on any atom is -0.322 e. The quantitative estimate of drug-likeness (QED) is 0.503. The van der Waals surface area contributed by atoms with E-state index in [-0.39, 0.29) is 40.0 Å². The molecule has 2 aromatic rings. The second kappa shape index (κ2) is 8.18. The van der Waals surface area contributed by atoms with Crippen LogP contribution in [0.1, 0.15) is 42.6 Å². The van der Waals surface area contributed by atoms with Crippen LogP contribution in [0.15, 0.2) is 24.3 Å². The number of carbonyl (C=O) groups excluding carboxylic acids is 2. The highest BCUT2D eigenvalue weighted by Gasteiger charge is 2.34. The third kappa shape index (κ3) is 4.22. The fourth-order valence-corrected chi connectivity index (χ4v) is 3.56. The van der Waals surface area contributed by atoms with Crippen molar-refractivity contribution >= 4 is 34.9 Å². The molecule has 0 spiro atoms. The van der Waals surface area contributed by atoms with Crippen molar-refractivity contribution in [2.45, 2.75) is 39.5 Å². The van der Waals surface area contributed by atoms with Gasteiger partial charge in [0.2, 0.25) is 5.91 Å². The number of aromatic nitrogens is 2. The summed E-state index contributed by atoms with van der Waals surface area (Å²) in [5.41, 5.74) is 0.0633. The van der Waals surface area contributed by atoms with Crippen LogP contribution < -0.4 is 16.0 Å². The van der Waals surface area contributed by atoms with Gasteiger partial charge in [0.05, 0.1) is 16.5 Å². The van der Waals surface area contributed by atoms with Gasteiger partial charge in [0.1, 0.15) is 11.4 Å². The number of halogens is 1. The fourth-order valence-electron chi connectivity index (χ4n) is 3.39. The minimum absolute atomic E-state index is 0.0965.